The van der Waals surface area contributed by atoms with E-state index in [-0.39, 0.29) is 6.10 Å². The van der Waals surface area contributed by atoms with Crippen LogP contribution in [0.25, 0.3) is 10.9 Å². The van der Waals surface area contributed by atoms with Gasteiger partial charge in [0.05, 0.1) is 17.1 Å². The Morgan fingerprint density at radius 1 is 1.36 bits per heavy atom. The second-order valence-electron chi connectivity index (χ2n) is 5.83. The van der Waals surface area contributed by atoms with E-state index < -0.39 is 6.09 Å². The van der Waals surface area contributed by atoms with Gasteiger partial charge < -0.3 is 9.84 Å². The largest absolute Gasteiger partial charge is 0.486 e. The van der Waals surface area contributed by atoms with Crippen LogP contribution in [0.4, 0.5) is 4.79 Å². The number of hydrogen-bond acceptors (Lipinski definition) is 4. The fourth-order valence-electron chi connectivity index (χ4n) is 3.21. The Bertz CT molecular complexity index is 1050. The lowest BCUT2D eigenvalue weighted by atomic mass is 10.1. The molecule has 7 heteroatoms. The topological polar surface area (TPSA) is 88.1 Å². The van der Waals surface area contributed by atoms with Gasteiger partial charge in [0, 0.05) is 5.39 Å². The number of halogens is 1. The highest BCUT2D eigenvalue weighted by Crippen LogP contribution is 2.36. The lowest BCUT2D eigenvalue weighted by Gasteiger charge is -2.15. The molecule has 0 aliphatic heterocycles. The van der Waals surface area contributed by atoms with Crippen molar-refractivity contribution in [2.24, 2.45) is 0 Å². The quantitative estimate of drug-likeness (QED) is 0.600. The predicted molar refractivity (Wildman–Crippen MR) is 98.7 cm³/mol. The standard InChI is InChI=1S/C18H12IN3O3/c19-17-14-8-12(3-5-15(14)22(21-17)18(23)24)25-16-6-2-11-7-10(9-20)1-4-13(11)16/h1,3-5,7-8,16H,2,6H2,(H,23,24). The minimum atomic E-state index is -1.11. The number of carboxylic acid groups (broad SMARTS) is 1. The number of carbonyl (C=O) groups is 1. The zero-order chi connectivity index (χ0) is 17.6. The smallest absolute Gasteiger partial charge is 0.432 e. The molecule has 1 unspecified atom stereocenters. The SMILES string of the molecule is N#Cc1ccc2c(c1)CCC2Oc1ccc2c(c1)c(I)nn2C(=O)O. The summed E-state index contributed by atoms with van der Waals surface area (Å²) in [5, 5.41) is 23.0. The number of aryl methyl sites for hydroxylation is 1. The number of hydrogen-bond donors (Lipinski definition) is 1. The molecule has 1 atom stereocenters. The van der Waals surface area contributed by atoms with E-state index in [0.717, 1.165) is 34.0 Å². The molecule has 25 heavy (non-hydrogen) atoms. The van der Waals surface area contributed by atoms with E-state index in [2.05, 4.69) is 11.2 Å². The number of benzene rings is 2. The van der Waals surface area contributed by atoms with Gasteiger partial charge >= 0.3 is 6.09 Å². The molecule has 0 saturated carbocycles. The number of aromatic nitrogens is 2. The van der Waals surface area contributed by atoms with E-state index in [1.54, 1.807) is 12.1 Å². The van der Waals surface area contributed by atoms with Gasteiger partial charge in [-0.15, -0.1) is 0 Å². The molecule has 2 aromatic carbocycles. The molecule has 4 rings (SSSR count). The summed E-state index contributed by atoms with van der Waals surface area (Å²) in [6.45, 7) is 0. The maximum Gasteiger partial charge on any atom is 0.432 e. The van der Waals surface area contributed by atoms with E-state index in [1.807, 2.05) is 46.9 Å². The average Bonchev–Trinajstić information content (AvgIpc) is 3.16. The molecule has 1 N–H and O–H groups in total. The molecule has 3 aromatic rings. The molecule has 0 bridgehead atoms. The highest BCUT2D eigenvalue weighted by Gasteiger charge is 2.25. The Balaban J connectivity index is 1.66. The molecule has 0 radical (unpaired) electrons. The van der Waals surface area contributed by atoms with E-state index >= 15 is 0 Å². The summed E-state index contributed by atoms with van der Waals surface area (Å²) in [6.07, 6.45) is 0.562. The zero-order valence-electron chi connectivity index (χ0n) is 12.9. The molecule has 0 fully saturated rings. The third kappa shape index (κ3) is 2.72. The lowest BCUT2D eigenvalue weighted by molar-refractivity contribution is 0.193. The van der Waals surface area contributed by atoms with Crippen molar-refractivity contribution in [2.75, 3.05) is 0 Å². The van der Waals surface area contributed by atoms with Crippen molar-refractivity contribution in [3.8, 4) is 11.8 Å². The average molecular weight is 445 g/mol. The van der Waals surface area contributed by atoms with Gasteiger partial charge in [0.15, 0.2) is 0 Å². The summed E-state index contributed by atoms with van der Waals surface area (Å²) in [5.41, 5.74) is 3.46. The highest BCUT2D eigenvalue weighted by molar-refractivity contribution is 14.1. The molecule has 0 spiro atoms. The second-order valence-corrected chi connectivity index (χ2v) is 6.86. The Morgan fingerprint density at radius 3 is 2.96 bits per heavy atom. The predicted octanol–water partition coefficient (Wildman–Crippen LogP) is 4.10. The van der Waals surface area contributed by atoms with Crippen molar-refractivity contribution in [3.05, 3.63) is 56.8 Å². The van der Waals surface area contributed by atoms with Crippen LogP contribution in [0.15, 0.2) is 36.4 Å². The molecule has 6 nitrogen and oxygen atoms in total. The van der Waals surface area contributed by atoms with Gasteiger partial charge in [0.1, 0.15) is 15.6 Å². The second kappa shape index (κ2) is 6.04. The minimum Gasteiger partial charge on any atom is -0.486 e. The molecule has 1 heterocycles. The van der Waals surface area contributed by atoms with Crippen LogP contribution in [-0.4, -0.2) is 21.0 Å². The summed E-state index contributed by atoms with van der Waals surface area (Å²) in [6, 6.07) is 13.1. The van der Waals surface area contributed by atoms with Crippen LogP contribution in [-0.2, 0) is 6.42 Å². The number of nitrogens with zero attached hydrogens (tertiary/aromatic N) is 3. The zero-order valence-corrected chi connectivity index (χ0v) is 15.1. The van der Waals surface area contributed by atoms with Gasteiger partial charge in [-0.25, -0.2) is 4.79 Å². The third-order valence-corrected chi connectivity index (χ3v) is 5.16. The van der Waals surface area contributed by atoms with Gasteiger partial charge in [-0.3, -0.25) is 0 Å². The van der Waals surface area contributed by atoms with E-state index in [4.69, 9.17) is 10.00 Å². The van der Waals surface area contributed by atoms with Crippen LogP contribution in [0.5, 0.6) is 5.75 Å². The minimum absolute atomic E-state index is 0.0626. The number of nitriles is 1. The first kappa shape index (κ1) is 15.9. The van der Waals surface area contributed by atoms with Crippen LogP contribution in [0.2, 0.25) is 0 Å². The Labute approximate surface area is 156 Å². The van der Waals surface area contributed by atoms with Crippen molar-refractivity contribution in [1.82, 2.24) is 9.78 Å². The van der Waals surface area contributed by atoms with Crippen molar-refractivity contribution in [3.63, 3.8) is 0 Å². The summed E-state index contributed by atoms with van der Waals surface area (Å²) < 4.78 is 7.72. The normalized spacial score (nSPS) is 15.8. The lowest BCUT2D eigenvalue weighted by Crippen LogP contribution is -2.09. The first-order valence-electron chi connectivity index (χ1n) is 7.68. The molecule has 1 aromatic heterocycles. The number of ether oxygens (including phenoxy) is 1. The summed E-state index contributed by atoms with van der Waals surface area (Å²) in [5.74, 6) is 0.678. The maximum absolute atomic E-state index is 11.2. The van der Waals surface area contributed by atoms with Gasteiger partial charge in [0.2, 0.25) is 0 Å². The van der Waals surface area contributed by atoms with Crippen molar-refractivity contribution < 1.29 is 14.6 Å². The molecule has 124 valence electrons. The van der Waals surface area contributed by atoms with Crippen molar-refractivity contribution in [1.29, 1.82) is 5.26 Å². The van der Waals surface area contributed by atoms with Crippen molar-refractivity contribution in [2.45, 2.75) is 18.9 Å². The van der Waals surface area contributed by atoms with Gasteiger partial charge in [0.25, 0.3) is 0 Å². The first-order chi connectivity index (χ1) is 12.1. The van der Waals surface area contributed by atoms with E-state index in [1.165, 1.54) is 0 Å². The van der Waals surface area contributed by atoms with Crippen LogP contribution < -0.4 is 4.74 Å². The van der Waals surface area contributed by atoms with E-state index in [9.17, 15) is 9.90 Å². The van der Waals surface area contributed by atoms with Crippen LogP contribution in [0.3, 0.4) is 0 Å². The van der Waals surface area contributed by atoms with Crippen molar-refractivity contribution >= 4 is 39.6 Å². The summed E-state index contributed by atoms with van der Waals surface area (Å²) in [7, 11) is 0. The first-order valence-corrected chi connectivity index (χ1v) is 8.76. The molecule has 0 amide bonds. The maximum atomic E-state index is 11.2. The fraction of sp³-hybridized carbons (Fsp3) is 0.167. The molecule has 0 saturated heterocycles. The highest BCUT2D eigenvalue weighted by atomic mass is 127. The Hall–Kier alpha value is -2.60. The Kier molecular flexibility index (Phi) is 3.84. The third-order valence-electron chi connectivity index (χ3n) is 4.36. The molecule has 1 aliphatic carbocycles. The molecular weight excluding hydrogens is 433 g/mol. The fourth-order valence-corrected chi connectivity index (χ4v) is 3.86. The van der Waals surface area contributed by atoms with Gasteiger partial charge in [-0.2, -0.15) is 15.0 Å². The van der Waals surface area contributed by atoms with Crippen LogP contribution >= 0.6 is 22.6 Å². The molecule has 1 aliphatic rings. The molecular formula is C18H12IN3O3. The van der Waals surface area contributed by atoms with E-state index in [0.29, 0.717) is 20.5 Å². The number of rotatable bonds is 2. The monoisotopic (exact) mass is 445 g/mol. The Morgan fingerprint density at radius 2 is 2.20 bits per heavy atom. The van der Waals surface area contributed by atoms with Crippen LogP contribution in [0, 0.1) is 15.0 Å². The van der Waals surface area contributed by atoms with Gasteiger partial charge in [-0.1, -0.05) is 6.07 Å². The summed E-state index contributed by atoms with van der Waals surface area (Å²) in [4.78, 5) is 11.2. The number of fused-ring (bicyclic) bond motifs is 2. The van der Waals surface area contributed by atoms with Gasteiger partial charge in [-0.05, 0) is 76.9 Å². The summed E-state index contributed by atoms with van der Waals surface area (Å²) >= 11 is 2.02. The van der Waals surface area contributed by atoms with Crippen LogP contribution in [0.1, 0.15) is 29.2 Å².